The first-order valence-corrected chi connectivity index (χ1v) is 12.4. The van der Waals surface area contributed by atoms with Gasteiger partial charge in [-0.05, 0) is 77.6 Å². The van der Waals surface area contributed by atoms with Crippen molar-refractivity contribution in [3.8, 4) is 0 Å². The van der Waals surface area contributed by atoms with Crippen molar-refractivity contribution in [1.82, 2.24) is 0 Å². The number of methoxy groups -OCH3 is 1. The van der Waals surface area contributed by atoms with Crippen LogP contribution in [-0.2, 0) is 24.0 Å². The number of fused-ring (bicyclic) bond motifs is 1. The molecule has 6 nitrogen and oxygen atoms in total. The number of sulfone groups is 1. The van der Waals surface area contributed by atoms with Gasteiger partial charge in [-0.25, -0.2) is 17.8 Å². The monoisotopic (exact) mass is 473 g/mol. The molecular weight excluding hydrogens is 445 g/mol. The van der Waals surface area contributed by atoms with Crippen molar-refractivity contribution < 1.29 is 27.0 Å². The Hall–Kier alpha value is -2.97. The molecule has 0 amide bonds. The molecule has 0 bridgehead atoms. The topological polar surface area (TPSA) is 74.2 Å². The highest BCUT2D eigenvalue weighted by molar-refractivity contribution is 7.90. The smallest absolute Gasteiger partial charge is 0.383 e. The fourth-order valence-corrected chi connectivity index (χ4v) is 4.18. The summed E-state index contributed by atoms with van der Waals surface area (Å²) in [5.74, 6) is -0.330. The second-order valence-electron chi connectivity index (χ2n) is 7.55. The molecule has 176 valence electrons. The number of aliphatic imine (C=N–C) groups is 1. The Morgan fingerprint density at radius 2 is 1.79 bits per heavy atom. The van der Waals surface area contributed by atoms with Gasteiger partial charge >= 0.3 is 6.08 Å². The Labute approximate surface area is 194 Å². The zero-order valence-corrected chi connectivity index (χ0v) is 20.0. The van der Waals surface area contributed by atoms with Gasteiger partial charge in [0.05, 0.1) is 24.7 Å². The molecule has 1 aliphatic rings. The van der Waals surface area contributed by atoms with Gasteiger partial charge in [0.25, 0.3) is 0 Å². The van der Waals surface area contributed by atoms with E-state index in [4.69, 9.17) is 14.2 Å². The molecule has 0 aliphatic heterocycles. The van der Waals surface area contributed by atoms with Crippen LogP contribution in [0.25, 0.3) is 17.2 Å². The molecule has 0 fully saturated rings. The third-order valence-electron chi connectivity index (χ3n) is 5.22. The van der Waals surface area contributed by atoms with Gasteiger partial charge in [-0.15, -0.1) is 0 Å². The van der Waals surface area contributed by atoms with E-state index in [-0.39, 0.29) is 23.3 Å². The fraction of sp³-hybridized carbons (Fsp3) is 0.320. The van der Waals surface area contributed by atoms with Crippen LogP contribution in [0.1, 0.15) is 30.5 Å². The minimum absolute atomic E-state index is 0.168. The molecule has 2 aromatic rings. The van der Waals surface area contributed by atoms with Crippen molar-refractivity contribution in [2.75, 3.05) is 39.7 Å². The van der Waals surface area contributed by atoms with Gasteiger partial charge in [0.1, 0.15) is 12.4 Å². The molecule has 0 unspecified atom stereocenters. The van der Waals surface area contributed by atoms with E-state index < -0.39 is 9.84 Å². The number of hydrogen-bond donors (Lipinski definition) is 0. The van der Waals surface area contributed by atoms with E-state index in [9.17, 15) is 12.8 Å². The minimum atomic E-state index is -3.27. The van der Waals surface area contributed by atoms with Gasteiger partial charge in [-0.3, -0.25) is 0 Å². The fourth-order valence-electron chi connectivity index (χ4n) is 3.55. The van der Waals surface area contributed by atoms with Crippen LogP contribution in [0, 0.1) is 5.82 Å². The Bertz CT molecular complexity index is 1200. The quantitative estimate of drug-likeness (QED) is 0.318. The molecule has 0 radical (unpaired) electrons. The van der Waals surface area contributed by atoms with Crippen LogP contribution in [0.15, 0.2) is 57.9 Å². The SMILES string of the molecule is CCOC(=NCC1=C(C)C(=Cc2ccc(S(C)(=O)=O)cc2)c2ccc(F)cc21)OCCOC. The van der Waals surface area contributed by atoms with Crippen molar-refractivity contribution in [2.24, 2.45) is 4.99 Å². The van der Waals surface area contributed by atoms with Gasteiger partial charge < -0.3 is 14.2 Å². The normalized spacial score (nSPS) is 15.2. The maximum atomic E-state index is 14.1. The minimum Gasteiger partial charge on any atom is -0.451 e. The van der Waals surface area contributed by atoms with Crippen molar-refractivity contribution >= 4 is 33.1 Å². The molecule has 2 aromatic carbocycles. The summed E-state index contributed by atoms with van der Waals surface area (Å²) >= 11 is 0. The predicted molar refractivity (Wildman–Crippen MR) is 128 cm³/mol. The third-order valence-corrected chi connectivity index (χ3v) is 6.35. The molecule has 0 saturated heterocycles. The number of hydrogen-bond acceptors (Lipinski definition) is 6. The zero-order valence-electron chi connectivity index (χ0n) is 19.2. The highest BCUT2D eigenvalue weighted by Crippen LogP contribution is 2.42. The maximum Gasteiger partial charge on any atom is 0.383 e. The molecule has 0 aromatic heterocycles. The predicted octanol–water partition coefficient (Wildman–Crippen LogP) is 4.61. The van der Waals surface area contributed by atoms with Gasteiger partial charge in [-0.2, -0.15) is 0 Å². The lowest BCUT2D eigenvalue weighted by atomic mass is 10.0. The number of halogens is 1. The Kier molecular flexibility index (Phi) is 8.05. The van der Waals surface area contributed by atoms with E-state index in [2.05, 4.69) is 4.99 Å². The van der Waals surface area contributed by atoms with Crippen LogP contribution in [-0.4, -0.2) is 54.2 Å². The molecular formula is C25H28FNO5S. The van der Waals surface area contributed by atoms with E-state index in [1.54, 1.807) is 37.4 Å². The summed E-state index contributed by atoms with van der Waals surface area (Å²) in [5, 5.41) is 0. The van der Waals surface area contributed by atoms with Crippen molar-refractivity contribution in [3.63, 3.8) is 0 Å². The third kappa shape index (κ3) is 6.09. The summed E-state index contributed by atoms with van der Waals surface area (Å²) in [4.78, 5) is 4.73. The molecule has 0 N–H and O–H groups in total. The average Bonchev–Trinajstić information content (AvgIpc) is 3.02. The van der Waals surface area contributed by atoms with Gasteiger partial charge in [-0.1, -0.05) is 18.2 Å². The highest BCUT2D eigenvalue weighted by atomic mass is 32.2. The van der Waals surface area contributed by atoms with Gasteiger partial charge in [0.15, 0.2) is 9.84 Å². The summed E-state index contributed by atoms with van der Waals surface area (Å²) in [6.07, 6.45) is 3.31. The first kappa shape index (κ1) is 24.7. The lowest BCUT2D eigenvalue weighted by Crippen LogP contribution is -2.14. The molecule has 0 saturated carbocycles. The molecule has 8 heteroatoms. The second kappa shape index (κ2) is 10.8. The molecule has 0 heterocycles. The lowest BCUT2D eigenvalue weighted by Gasteiger charge is -2.10. The molecule has 0 atom stereocenters. The largest absolute Gasteiger partial charge is 0.451 e. The zero-order chi connectivity index (χ0) is 24.0. The summed E-state index contributed by atoms with van der Waals surface area (Å²) in [5.41, 5.74) is 5.26. The number of nitrogens with zero attached hydrogens (tertiary/aromatic N) is 1. The standard InChI is InChI=1S/C25H28FNO5S/c1-5-31-25(32-13-12-30-3)27-16-24-17(2)22(21-11-8-19(26)15-23(21)24)14-18-6-9-20(10-7-18)33(4,28)29/h6-11,14-15H,5,12-13,16H2,1-4H3. The van der Waals surface area contributed by atoms with E-state index in [1.165, 1.54) is 18.4 Å². The number of benzene rings is 2. The van der Waals surface area contributed by atoms with Crippen LogP contribution in [0.4, 0.5) is 4.39 Å². The van der Waals surface area contributed by atoms with Gasteiger partial charge in [0, 0.05) is 13.4 Å². The molecule has 3 rings (SSSR count). The highest BCUT2D eigenvalue weighted by Gasteiger charge is 2.24. The van der Waals surface area contributed by atoms with Crippen LogP contribution < -0.4 is 0 Å². The number of ether oxygens (including phenoxy) is 3. The van der Waals surface area contributed by atoms with Crippen LogP contribution >= 0.6 is 0 Å². The van der Waals surface area contributed by atoms with Crippen molar-refractivity contribution in [3.05, 3.63) is 70.5 Å². The summed E-state index contributed by atoms with van der Waals surface area (Å²) in [6, 6.07) is 11.4. The second-order valence-corrected chi connectivity index (χ2v) is 9.56. The number of allylic oxidation sites excluding steroid dienone is 2. The maximum absolute atomic E-state index is 14.1. The Balaban J connectivity index is 1.97. The Morgan fingerprint density at radius 1 is 1.06 bits per heavy atom. The molecule has 0 spiro atoms. The van der Waals surface area contributed by atoms with E-state index in [0.717, 1.165) is 33.4 Å². The van der Waals surface area contributed by atoms with Crippen LogP contribution in [0.5, 0.6) is 0 Å². The lowest BCUT2D eigenvalue weighted by molar-refractivity contribution is 0.107. The van der Waals surface area contributed by atoms with E-state index >= 15 is 0 Å². The summed E-state index contributed by atoms with van der Waals surface area (Å²) in [7, 11) is -1.68. The summed E-state index contributed by atoms with van der Waals surface area (Å²) < 4.78 is 53.6. The average molecular weight is 474 g/mol. The Morgan fingerprint density at radius 3 is 2.42 bits per heavy atom. The van der Waals surface area contributed by atoms with Crippen LogP contribution in [0.3, 0.4) is 0 Å². The van der Waals surface area contributed by atoms with Crippen molar-refractivity contribution in [2.45, 2.75) is 18.7 Å². The summed E-state index contributed by atoms with van der Waals surface area (Å²) in [6.45, 7) is 5.19. The molecule has 33 heavy (non-hydrogen) atoms. The molecule has 1 aliphatic carbocycles. The first-order valence-electron chi connectivity index (χ1n) is 10.6. The first-order chi connectivity index (χ1) is 15.7. The van der Waals surface area contributed by atoms with E-state index in [0.29, 0.717) is 19.8 Å². The van der Waals surface area contributed by atoms with Gasteiger partial charge in [0.2, 0.25) is 0 Å². The van der Waals surface area contributed by atoms with E-state index in [1.807, 2.05) is 19.9 Å². The van der Waals surface area contributed by atoms with Crippen LogP contribution in [0.2, 0.25) is 0 Å². The number of rotatable bonds is 8. The van der Waals surface area contributed by atoms with Crippen molar-refractivity contribution in [1.29, 1.82) is 0 Å².